The highest BCUT2D eigenvalue weighted by Crippen LogP contribution is 2.56. The van der Waals surface area contributed by atoms with Crippen molar-refractivity contribution < 1.29 is 18.4 Å². The number of benzene rings is 2. The van der Waals surface area contributed by atoms with Crippen molar-refractivity contribution in [2.75, 3.05) is 13.1 Å². The number of amides is 3. The second-order valence-corrected chi connectivity index (χ2v) is 10.7. The summed E-state index contributed by atoms with van der Waals surface area (Å²) in [6.07, 6.45) is 0.404. The highest BCUT2D eigenvalue weighted by atomic mass is 35.5. The molecule has 35 heavy (non-hydrogen) atoms. The molecule has 2 aromatic rings. The number of nitriles is 1. The molecule has 3 N–H and O–H groups in total. The van der Waals surface area contributed by atoms with Gasteiger partial charge in [0.1, 0.15) is 17.0 Å². The van der Waals surface area contributed by atoms with Gasteiger partial charge in [-0.25, -0.2) is 13.6 Å². The van der Waals surface area contributed by atoms with E-state index in [0.29, 0.717) is 6.42 Å². The van der Waals surface area contributed by atoms with Crippen LogP contribution in [-0.4, -0.2) is 29.9 Å². The van der Waals surface area contributed by atoms with Crippen molar-refractivity contribution in [1.29, 1.82) is 5.26 Å². The Morgan fingerprint density at radius 1 is 1.26 bits per heavy atom. The monoisotopic (exact) mass is 522 g/mol. The number of halogens is 4. The van der Waals surface area contributed by atoms with E-state index >= 15 is 8.78 Å². The van der Waals surface area contributed by atoms with Gasteiger partial charge in [0.15, 0.2) is 0 Å². The molecule has 0 saturated carbocycles. The maximum Gasteiger partial charge on any atom is 0.318 e. The average molecular weight is 523 g/mol. The molecule has 10 heteroatoms. The van der Waals surface area contributed by atoms with Gasteiger partial charge in [0, 0.05) is 28.6 Å². The SMILES string of the molecule is CC(C)(C)C[C@@H]1CN(C(=O)NCC(N)=O)[C@H](c2cccc(Cl)c2F)[C@@]1(C#N)c1ccc(Cl)cc1F. The molecule has 0 aliphatic carbocycles. The quantitative estimate of drug-likeness (QED) is 0.554. The second kappa shape index (κ2) is 10.00. The van der Waals surface area contributed by atoms with E-state index in [0.717, 1.165) is 6.07 Å². The van der Waals surface area contributed by atoms with E-state index in [1.54, 1.807) is 0 Å². The fourth-order valence-electron chi connectivity index (χ4n) is 4.93. The van der Waals surface area contributed by atoms with E-state index in [1.807, 2.05) is 20.8 Å². The third-order valence-electron chi connectivity index (χ3n) is 6.18. The van der Waals surface area contributed by atoms with Crippen LogP contribution in [0, 0.1) is 34.3 Å². The van der Waals surface area contributed by atoms with Crippen LogP contribution in [-0.2, 0) is 10.2 Å². The predicted octanol–water partition coefficient (Wildman–Crippen LogP) is 5.34. The van der Waals surface area contributed by atoms with Gasteiger partial charge in [-0.1, -0.05) is 62.2 Å². The van der Waals surface area contributed by atoms with Gasteiger partial charge in [0.05, 0.1) is 23.7 Å². The lowest BCUT2D eigenvalue weighted by Gasteiger charge is -2.38. The zero-order valence-electron chi connectivity index (χ0n) is 19.5. The number of primary amides is 1. The molecule has 1 aliphatic rings. The molecule has 0 bridgehead atoms. The van der Waals surface area contributed by atoms with E-state index in [9.17, 15) is 14.9 Å². The lowest BCUT2D eigenvalue weighted by molar-refractivity contribution is -0.117. The van der Waals surface area contributed by atoms with Gasteiger partial charge in [-0.05, 0) is 30.0 Å². The van der Waals surface area contributed by atoms with E-state index in [-0.39, 0.29) is 33.1 Å². The number of carbonyl (C=O) groups excluding carboxylic acids is 2. The molecule has 0 spiro atoms. The molecule has 0 aromatic heterocycles. The summed E-state index contributed by atoms with van der Waals surface area (Å²) in [5.41, 5.74) is 3.11. The maximum absolute atomic E-state index is 15.5. The third kappa shape index (κ3) is 5.21. The second-order valence-electron chi connectivity index (χ2n) is 9.89. The minimum atomic E-state index is -1.70. The number of likely N-dealkylation sites (tertiary alicyclic amines) is 1. The number of nitrogens with zero attached hydrogens (tertiary/aromatic N) is 2. The van der Waals surface area contributed by atoms with Gasteiger partial charge in [-0.3, -0.25) is 4.79 Å². The molecule has 1 aliphatic heterocycles. The number of hydrogen-bond donors (Lipinski definition) is 2. The summed E-state index contributed by atoms with van der Waals surface area (Å²) in [7, 11) is 0. The summed E-state index contributed by atoms with van der Waals surface area (Å²) in [4.78, 5) is 25.8. The Bertz CT molecular complexity index is 1190. The summed E-state index contributed by atoms with van der Waals surface area (Å²) >= 11 is 12.1. The van der Waals surface area contributed by atoms with Crippen molar-refractivity contribution in [3.8, 4) is 6.07 Å². The van der Waals surface area contributed by atoms with Gasteiger partial charge in [-0.15, -0.1) is 0 Å². The molecule has 2 aromatic carbocycles. The first-order valence-corrected chi connectivity index (χ1v) is 11.7. The van der Waals surface area contributed by atoms with Crippen LogP contribution >= 0.6 is 23.2 Å². The minimum Gasteiger partial charge on any atom is -0.368 e. The number of urea groups is 1. The highest BCUT2D eigenvalue weighted by Gasteiger charge is 2.60. The lowest BCUT2D eigenvalue weighted by atomic mass is 9.63. The third-order valence-corrected chi connectivity index (χ3v) is 6.70. The van der Waals surface area contributed by atoms with Crippen LogP contribution in [0.5, 0.6) is 0 Å². The Kier molecular flexibility index (Phi) is 7.63. The summed E-state index contributed by atoms with van der Waals surface area (Å²) in [5, 5.41) is 13.0. The first-order valence-electron chi connectivity index (χ1n) is 10.9. The molecular weight excluding hydrogens is 497 g/mol. The Labute approximate surface area is 213 Å². The summed E-state index contributed by atoms with van der Waals surface area (Å²) in [5.74, 6) is -2.95. The van der Waals surface area contributed by atoms with Crippen LogP contribution in [0.4, 0.5) is 13.6 Å². The van der Waals surface area contributed by atoms with Crippen LogP contribution in [0.2, 0.25) is 10.0 Å². The number of nitrogens with two attached hydrogens (primary N) is 1. The van der Waals surface area contributed by atoms with Gasteiger partial charge in [0.2, 0.25) is 5.91 Å². The van der Waals surface area contributed by atoms with Crippen molar-refractivity contribution in [1.82, 2.24) is 10.2 Å². The van der Waals surface area contributed by atoms with Crippen LogP contribution in [0.1, 0.15) is 44.4 Å². The van der Waals surface area contributed by atoms with E-state index in [4.69, 9.17) is 28.9 Å². The Balaban J connectivity index is 2.33. The topological polar surface area (TPSA) is 99.2 Å². The van der Waals surface area contributed by atoms with Crippen LogP contribution in [0.3, 0.4) is 0 Å². The standard InChI is InChI=1S/C25H26Cl2F2N4O2/c1-24(2,3)10-14-12-33(23(35)32-11-20(31)34)22(16-5-4-6-18(27)21(16)29)25(14,13-30)17-8-7-15(26)9-19(17)28/h4-9,14,22H,10-12H2,1-3H3,(H2,31,34)(H,32,35)/t14-,22-,25-/m1/s1. The highest BCUT2D eigenvalue weighted by molar-refractivity contribution is 6.31. The van der Waals surface area contributed by atoms with Gasteiger partial charge in [0.25, 0.3) is 0 Å². The molecule has 1 saturated heterocycles. The number of nitrogens with one attached hydrogen (secondary N) is 1. The molecular formula is C25H26Cl2F2N4O2. The van der Waals surface area contributed by atoms with Gasteiger partial charge in [-0.2, -0.15) is 5.26 Å². The van der Waals surface area contributed by atoms with Crippen LogP contribution in [0.25, 0.3) is 0 Å². The fraction of sp³-hybridized carbons (Fsp3) is 0.400. The maximum atomic E-state index is 15.5. The Hall–Kier alpha value is -2.89. The molecule has 3 rings (SSSR count). The van der Waals surface area contributed by atoms with Crippen molar-refractivity contribution in [3.05, 3.63) is 69.2 Å². The summed E-state index contributed by atoms with van der Waals surface area (Å²) in [6, 6.07) is 8.46. The van der Waals surface area contributed by atoms with E-state index in [1.165, 1.54) is 35.2 Å². The van der Waals surface area contributed by atoms with Crippen molar-refractivity contribution >= 4 is 35.1 Å². The number of rotatable bonds is 5. The van der Waals surface area contributed by atoms with Gasteiger partial charge < -0.3 is 16.0 Å². The number of hydrogen-bond acceptors (Lipinski definition) is 3. The predicted molar refractivity (Wildman–Crippen MR) is 130 cm³/mol. The van der Waals surface area contributed by atoms with E-state index < -0.39 is 47.5 Å². The lowest BCUT2D eigenvalue weighted by Crippen LogP contribution is -2.46. The van der Waals surface area contributed by atoms with Crippen LogP contribution < -0.4 is 11.1 Å². The minimum absolute atomic E-state index is 0.00584. The molecule has 1 heterocycles. The summed E-state index contributed by atoms with van der Waals surface area (Å²) < 4.78 is 30.9. The van der Waals surface area contributed by atoms with E-state index in [2.05, 4.69) is 11.4 Å². The van der Waals surface area contributed by atoms with Crippen LogP contribution in [0.15, 0.2) is 36.4 Å². The first kappa shape index (κ1) is 26.7. The Morgan fingerprint density at radius 2 is 1.94 bits per heavy atom. The average Bonchev–Trinajstić information content (AvgIpc) is 3.07. The first-order chi connectivity index (χ1) is 16.3. The largest absolute Gasteiger partial charge is 0.368 e. The van der Waals surface area contributed by atoms with Crippen molar-refractivity contribution in [3.63, 3.8) is 0 Å². The molecule has 3 atom stereocenters. The molecule has 3 amide bonds. The number of carbonyl (C=O) groups is 2. The fourth-order valence-corrected chi connectivity index (χ4v) is 5.28. The molecule has 186 valence electrons. The zero-order valence-corrected chi connectivity index (χ0v) is 21.1. The molecule has 1 fully saturated rings. The van der Waals surface area contributed by atoms with Gasteiger partial charge >= 0.3 is 6.03 Å². The molecule has 0 unspecified atom stereocenters. The molecule has 0 radical (unpaired) electrons. The van der Waals surface area contributed by atoms with Crippen molar-refractivity contribution in [2.24, 2.45) is 17.1 Å². The zero-order chi connectivity index (χ0) is 26.1. The molecule has 6 nitrogen and oxygen atoms in total. The normalized spacial score (nSPS) is 22.1. The smallest absolute Gasteiger partial charge is 0.318 e. The van der Waals surface area contributed by atoms with Crippen molar-refractivity contribution in [2.45, 2.75) is 38.6 Å². The summed E-state index contributed by atoms with van der Waals surface area (Å²) in [6.45, 7) is 5.40. The Morgan fingerprint density at radius 3 is 2.51 bits per heavy atom.